The van der Waals surface area contributed by atoms with E-state index >= 15 is 0 Å². The second kappa shape index (κ2) is 5.72. The zero-order valence-electron chi connectivity index (χ0n) is 9.81. The predicted octanol–water partition coefficient (Wildman–Crippen LogP) is 5.16. The van der Waals surface area contributed by atoms with Gasteiger partial charge in [0.25, 0.3) is 0 Å². The summed E-state index contributed by atoms with van der Waals surface area (Å²) < 4.78 is 13.8. The lowest BCUT2D eigenvalue weighted by molar-refractivity contribution is 0.619. The van der Waals surface area contributed by atoms with Crippen molar-refractivity contribution >= 4 is 33.2 Å². The summed E-state index contributed by atoms with van der Waals surface area (Å²) in [4.78, 5) is 0. The maximum Gasteiger partial charge on any atom is 0.137 e. The number of anilines is 1. The zero-order valence-corrected chi connectivity index (χ0v) is 12.1. The van der Waals surface area contributed by atoms with Crippen LogP contribution >= 0.6 is 27.5 Å². The zero-order chi connectivity index (χ0) is 13.1. The van der Waals surface area contributed by atoms with Gasteiger partial charge in [0.1, 0.15) is 5.82 Å². The quantitative estimate of drug-likeness (QED) is 0.820. The molecule has 1 nitrogen and oxygen atoms in total. The Morgan fingerprint density at radius 2 is 2.06 bits per heavy atom. The van der Waals surface area contributed by atoms with Crippen LogP contribution in [0.15, 0.2) is 40.9 Å². The number of halogens is 3. The minimum Gasteiger partial charge on any atom is -0.380 e. The highest BCUT2D eigenvalue weighted by atomic mass is 79.9. The average molecular weight is 329 g/mol. The summed E-state index contributed by atoms with van der Waals surface area (Å²) in [5, 5.41) is 3.91. The first kappa shape index (κ1) is 13.4. The SMILES string of the molecule is Cc1cccc(NCc2ccc(Br)c(F)c2)c1Cl. The standard InChI is InChI=1S/C14H12BrClFN/c1-9-3-2-4-13(14(9)16)18-8-10-5-6-11(15)12(17)7-10/h2-7,18H,8H2,1H3. The van der Waals surface area contributed by atoms with Gasteiger partial charge in [-0.15, -0.1) is 0 Å². The topological polar surface area (TPSA) is 12.0 Å². The molecule has 18 heavy (non-hydrogen) atoms. The van der Waals surface area contributed by atoms with E-state index in [2.05, 4.69) is 21.2 Å². The van der Waals surface area contributed by atoms with E-state index in [0.717, 1.165) is 16.8 Å². The summed E-state index contributed by atoms with van der Waals surface area (Å²) in [5.41, 5.74) is 2.75. The van der Waals surface area contributed by atoms with Gasteiger partial charge >= 0.3 is 0 Å². The van der Waals surface area contributed by atoms with E-state index in [1.54, 1.807) is 6.07 Å². The van der Waals surface area contributed by atoms with Crippen LogP contribution in [-0.2, 0) is 6.54 Å². The molecule has 0 aliphatic heterocycles. The smallest absolute Gasteiger partial charge is 0.137 e. The van der Waals surface area contributed by atoms with Crippen molar-refractivity contribution in [2.24, 2.45) is 0 Å². The average Bonchev–Trinajstić information content (AvgIpc) is 2.35. The van der Waals surface area contributed by atoms with Gasteiger partial charge in [0.2, 0.25) is 0 Å². The summed E-state index contributed by atoms with van der Waals surface area (Å²) in [6, 6.07) is 10.9. The van der Waals surface area contributed by atoms with Crippen LogP contribution in [0.1, 0.15) is 11.1 Å². The Labute approximate surface area is 119 Å². The molecule has 94 valence electrons. The Bertz CT molecular complexity index is 572. The molecule has 0 radical (unpaired) electrons. The van der Waals surface area contributed by atoms with Gasteiger partial charge in [0.15, 0.2) is 0 Å². The van der Waals surface area contributed by atoms with Crippen LogP contribution in [-0.4, -0.2) is 0 Å². The third-order valence-corrected chi connectivity index (χ3v) is 3.80. The van der Waals surface area contributed by atoms with Crippen molar-refractivity contribution in [1.82, 2.24) is 0 Å². The molecule has 0 amide bonds. The van der Waals surface area contributed by atoms with Gasteiger partial charge in [-0.25, -0.2) is 4.39 Å². The van der Waals surface area contributed by atoms with Crippen LogP contribution in [0.4, 0.5) is 10.1 Å². The second-order valence-corrected chi connectivity index (χ2v) is 5.27. The van der Waals surface area contributed by atoms with Crippen molar-refractivity contribution in [3.8, 4) is 0 Å². The molecule has 0 atom stereocenters. The fraction of sp³-hybridized carbons (Fsp3) is 0.143. The van der Waals surface area contributed by atoms with Crippen LogP contribution < -0.4 is 5.32 Å². The maximum absolute atomic E-state index is 13.3. The van der Waals surface area contributed by atoms with Gasteiger partial charge in [-0.05, 0) is 52.2 Å². The van der Waals surface area contributed by atoms with Gasteiger partial charge in [0.05, 0.1) is 15.2 Å². The molecule has 2 aromatic rings. The van der Waals surface area contributed by atoms with Crippen molar-refractivity contribution in [2.45, 2.75) is 13.5 Å². The van der Waals surface area contributed by atoms with Crippen LogP contribution in [0.3, 0.4) is 0 Å². The highest BCUT2D eigenvalue weighted by molar-refractivity contribution is 9.10. The molecule has 0 spiro atoms. The van der Waals surface area contributed by atoms with Crippen molar-refractivity contribution in [1.29, 1.82) is 0 Å². The summed E-state index contributed by atoms with van der Waals surface area (Å²) >= 11 is 9.30. The fourth-order valence-electron chi connectivity index (χ4n) is 1.63. The lowest BCUT2D eigenvalue weighted by Crippen LogP contribution is -2.01. The van der Waals surface area contributed by atoms with E-state index in [1.165, 1.54) is 6.07 Å². The molecule has 4 heteroatoms. The summed E-state index contributed by atoms with van der Waals surface area (Å²) in [6.45, 7) is 2.49. The first-order valence-corrected chi connectivity index (χ1v) is 6.68. The van der Waals surface area contributed by atoms with Crippen molar-refractivity contribution in [2.75, 3.05) is 5.32 Å². The van der Waals surface area contributed by atoms with Gasteiger partial charge < -0.3 is 5.32 Å². The van der Waals surface area contributed by atoms with E-state index in [-0.39, 0.29) is 5.82 Å². The van der Waals surface area contributed by atoms with Crippen molar-refractivity contribution < 1.29 is 4.39 Å². The van der Waals surface area contributed by atoms with Crippen LogP contribution in [0, 0.1) is 12.7 Å². The predicted molar refractivity (Wildman–Crippen MR) is 77.6 cm³/mol. The summed E-state index contributed by atoms with van der Waals surface area (Å²) in [7, 11) is 0. The van der Waals surface area contributed by atoms with Gasteiger partial charge in [-0.3, -0.25) is 0 Å². The molecule has 0 aliphatic rings. The van der Waals surface area contributed by atoms with Crippen LogP contribution in [0.25, 0.3) is 0 Å². The lowest BCUT2D eigenvalue weighted by Gasteiger charge is -2.10. The number of benzene rings is 2. The van der Waals surface area contributed by atoms with Gasteiger partial charge in [-0.1, -0.05) is 29.8 Å². The Balaban J connectivity index is 2.11. The Hall–Kier alpha value is -1.06. The van der Waals surface area contributed by atoms with Crippen LogP contribution in [0.5, 0.6) is 0 Å². The molecular formula is C14H12BrClFN. The summed E-state index contributed by atoms with van der Waals surface area (Å²) in [6.07, 6.45) is 0. The normalized spacial score (nSPS) is 10.4. The molecule has 1 N–H and O–H groups in total. The highest BCUT2D eigenvalue weighted by Gasteiger charge is 2.04. The summed E-state index contributed by atoms with van der Waals surface area (Å²) in [5.74, 6) is -0.260. The van der Waals surface area contributed by atoms with E-state index in [0.29, 0.717) is 16.0 Å². The fourth-order valence-corrected chi connectivity index (χ4v) is 2.07. The van der Waals surface area contributed by atoms with Crippen molar-refractivity contribution in [3.05, 3.63) is 62.8 Å². The largest absolute Gasteiger partial charge is 0.380 e. The van der Waals surface area contributed by atoms with Crippen molar-refractivity contribution in [3.63, 3.8) is 0 Å². The number of aryl methyl sites for hydroxylation is 1. The Morgan fingerprint density at radius 3 is 2.78 bits per heavy atom. The molecule has 0 saturated heterocycles. The molecule has 0 saturated carbocycles. The molecule has 2 aromatic carbocycles. The lowest BCUT2D eigenvalue weighted by atomic mass is 10.2. The molecule has 0 aliphatic carbocycles. The molecule has 0 bridgehead atoms. The van der Waals surface area contributed by atoms with E-state index in [4.69, 9.17) is 11.6 Å². The molecule has 0 aromatic heterocycles. The number of rotatable bonds is 3. The molecular weight excluding hydrogens is 317 g/mol. The molecule has 2 rings (SSSR count). The number of hydrogen-bond donors (Lipinski definition) is 1. The van der Waals surface area contributed by atoms with E-state index < -0.39 is 0 Å². The second-order valence-electron chi connectivity index (χ2n) is 4.04. The molecule has 0 fully saturated rings. The maximum atomic E-state index is 13.3. The Morgan fingerprint density at radius 1 is 1.28 bits per heavy atom. The molecule has 0 heterocycles. The molecule has 0 unspecified atom stereocenters. The number of hydrogen-bond acceptors (Lipinski definition) is 1. The third-order valence-electron chi connectivity index (χ3n) is 2.66. The monoisotopic (exact) mass is 327 g/mol. The van der Waals surface area contributed by atoms with Gasteiger partial charge in [-0.2, -0.15) is 0 Å². The third kappa shape index (κ3) is 3.03. The first-order valence-electron chi connectivity index (χ1n) is 5.51. The van der Waals surface area contributed by atoms with Gasteiger partial charge in [0, 0.05) is 6.54 Å². The Kier molecular flexibility index (Phi) is 4.25. The highest BCUT2D eigenvalue weighted by Crippen LogP contribution is 2.25. The first-order chi connectivity index (χ1) is 8.58. The minimum atomic E-state index is -0.260. The van der Waals surface area contributed by atoms with E-state index in [9.17, 15) is 4.39 Å². The van der Waals surface area contributed by atoms with E-state index in [1.807, 2.05) is 31.2 Å². The number of nitrogens with one attached hydrogen (secondary N) is 1. The minimum absolute atomic E-state index is 0.260. The van der Waals surface area contributed by atoms with Crippen LogP contribution in [0.2, 0.25) is 5.02 Å².